The SMILES string of the molecule is CCN(CC)c1ccc(OC)cc1Cc1ccc(N(C)C)c(Cl)c1.O=C(O)c1cc2ccccc2c(Cc2c(O)c(C(=O)O)cc3ccccc23)c1O. The van der Waals surface area contributed by atoms with E-state index in [-0.39, 0.29) is 17.5 Å². The Morgan fingerprint density at radius 3 is 1.64 bits per heavy atom. The third-order valence-electron chi connectivity index (χ3n) is 9.35. The van der Waals surface area contributed by atoms with Crippen molar-refractivity contribution in [1.82, 2.24) is 0 Å². The van der Waals surface area contributed by atoms with Gasteiger partial charge in [0.25, 0.3) is 0 Å². The van der Waals surface area contributed by atoms with Crippen molar-refractivity contribution in [3.8, 4) is 17.2 Å². The summed E-state index contributed by atoms with van der Waals surface area (Å²) in [6.45, 7) is 6.33. The van der Waals surface area contributed by atoms with Gasteiger partial charge in [0, 0.05) is 50.4 Å². The second-order valence-electron chi connectivity index (χ2n) is 12.8. The van der Waals surface area contributed by atoms with Crippen molar-refractivity contribution >= 4 is 56.5 Å². The van der Waals surface area contributed by atoms with Gasteiger partial charge in [-0.2, -0.15) is 0 Å². The number of methoxy groups -OCH3 is 1. The van der Waals surface area contributed by atoms with Crippen molar-refractivity contribution in [2.75, 3.05) is 44.1 Å². The highest BCUT2D eigenvalue weighted by atomic mass is 35.5. The summed E-state index contributed by atoms with van der Waals surface area (Å²) in [5.74, 6) is -2.47. The molecule has 0 unspecified atom stereocenters. The van der Waals surface area contributed by atoms with Crippen LogP contribution < -0.4 is 14.5 Å². The van der Waals surface area contributed by atoms with Crippen LogP contribution >= 0.6 is 11.6 Å². The Balaban J connectivity index is 0.000000209. The number of phenols is 2. The number of nitrogens with zero attached hydrogens (tertiary/aromatic N) is 2. The number of benzene rings is 6. The number of carbonyl (C=O) groups is 2. The fraction of sp³-hybridized carbons (Fsp3) is 0.209. The van der Waals surface area contributed by atoms with Crippen LogP contribution in [0, 0.1) is 0 Å². The number of hydrogen-bond donors (Lipinski definition) is 4. The van der Waals surface area contributed by atoms with E-state index >= 15 is 0 Å². The highest BCUT2D eigenvalue weighted by Gasteiger charge is 2.22. The van der Waals surface area contributed by atoms with Gasteiger partial charge < -0.3 is 35.0 Å². The van der Waals surface area contributed by atoms with Crippen molar-refractivity contribution in [3.63, 3.8) is 0 Å². The predicted molar refractivity (Wildman–Crippen MR) is 213 cm³/mol. The Bertz CT molecular complexity index is 2200. The largest absolute Gasteiger partial charge is 0.507 e. The van der Waals surface area contributed by atoms with E-state index in [1.807, 2.05) is 25.1 Å². The van der Waals surface area contributed by atoms with Crippen LogP contribution in [-0.4, -0.2) is 66.7 Å². The number of hydrogen-bond acceptors (Lipinski definition) is 7. The molecule has 0 saturated heterocycles. The van der Waals surface area contributed by atoms with E-state index in [0.29, 0.717) is 32.7 Å². The fourth-order valence-electron chi connectivity index (χ4n) is 6.63. The average molecular weight is 735 g/mol. The molecule has 274 valence electrons. The zero-order valence-corrected chi connectivity index (χ0v) is 31.1. The van der Waals surface area contributed by atoms with Gasteiger partial charge in [-0.3, -0.25) is 0 Å². The molecule has 0 spiro atoms. The van der Waals surface area contributed by atoms with Crippen LogP contribution in [-0.2, 0) is 12.8 Å². The average Bonchev–Trinajstić information content (AvgIpc) is 3.14. The first-order valence-corrected chi connectivity index (χ1v) is 17.6. The molecule has 0 radical (unpaired) electrons. The molecular weight excluding hydrogens is 692 g/mol. The second kappa shape index (κ2) is 16.6. The molecular formula is C43H43ClN2O7. The highest BCUT2D eigenvalue weighted by molar-refractivity contribution is 6.33. The maximum absolute atomic E-state index is 11.6. The lowest BCUT2D eigenvalue weighted by Gasteiger charge is -2.25. The lowest BCUT2D eigenvalue weighted by Crippen LogP contribution is -2.23. The van der Waals surface area contributed by atoms with Gasteiger partial charge in [0.15, 0.2) is 0 Å². The van der Waals surface area contributed by atoms with Crippen LogP contribution in [0.4, 0.5) is 11.4 Å². The van der Waals surface area contributed by atoms with Gasteiger partial charge in [0.05, 0.1) is 17.8 Å². The topological polar surface area (TPSA) is 131 Å². The van der Waals surface area contributed by atoms with Gasteiger partial charge in [0.2, 0.25) is 0 Å². The third-order valence-corrected chi connectivity index (χ3v) is 9.65. The molecule has 0 aliphatic carbocycles. The third kappa shape index (κ3) is 8.26. The summed E-state index contributed by atoms with van der Waals surface area (Å²) in [5.41, 5.74) is 4.86. The number of carboxylic acids is 2. The zero-order valence-electron chi connectivity index (χ0n) is 30.4. The van der Waals surface area contributed by atoms with Crippen molar-refractivity contribution in [3.05, 3.63) is 135 Å². The number of ether oxygens (including phenoxy) is 1. The van der Waals surface area contributed by atoms with Gasteiger partial charge in [0.1, 0.15) is 28.4 Å². The van der Waals surface area contributed by atoms with Crippen LogP contribution in [0.15, 0.2) is 97.1 Å². The molecule has 10 heteroatoms. The molecule has 6 aromatic carbocycles. The number of fused-ring (bicyclic) bond motifs is 2. The van der Waals surface area contributed by atoms with Gasteiger partial charge in [-0.25, -0.2) is 9.59 Å². The summed E-state index contributed by atoms with van der Waals surface area (Å²) in [6, 6.07) is 29.4. The summed E-state index contributed by atoms with van der Waals surface area (Å²) in [6.07, 6.45) is 0.789. The lowest BCUT2D eigenvalue weighted by molar-refractivity contribution is 0.0682. The molecule has 0 atom stereocenters. The molecule has 0 aliphatic heterocycles. The Labute approximate surface area is 313 Å². The molecule has 0 amide bonds. The van der Waals surface area contributed by atoms with E-state index in [0.717, 1.165) is 36.0 Å². The maximum Gasteiger partial charge on any atom is 0.339 e. The molecule has 9 nitrogen and oxygen atoms in total. The van der Waals surface area contributed by atoms with Gasteiger partial charge >= 0.3 is 11.9 Å². The normalized spacial score (nSPS) is 10.8. The minimum Gasteiger partial charge on any atom is -0.507 e. The van der Waals surface area contributed by atoms with Gasteiger partial charge in [-0.1, -0.05) is 66.2 Å². The molecule has 4 N–H and O–H groups in total. The first kappa shape index (κ1) is 38.3. The number of aromatic carboxylic acids is 2. The van der Waals surface area contributed by atoms with Crippen molar-refractivity contribution < 1.29 is 34.8 Å². The zero-order chi connectivity index (χ0) is 38.4. The molecule has 0 aliphatic rings. The molecule has 6 aromatic rings. The number of carboxylic acid groups (broad SMARTS) is 2. The summed E-state index contributed by atoms with van der Waals surface area (Å²) < 4.78 is 5.42. The monoisotopic (exact) mass is 734 g/mol. The molecule has 0 fully saturated rings. The van der Waals surface area contributed by atoms with E-state index in [4.69, 9.17) is 16.3 Å². The molecule has 53 heavy (non-hydrogen) atoms. The summed E-state index contributed by atoms with van der Waals surface area (Å²) in [4.78, 5) is 27.6. The molecule has 0 heterocycles. The molecule has 6 rings (SSSR count). The number of anilines is 2. The van der Waals surface area contributed by atoms with Crippen molar-refractivity contribution in [1.29, 1.82) is 0 Å². The molecule has 0 bridgehead atoms. The standard InChI is InChI=1S/C23H16O6.C20H27ClN2O/c24-20-16(14-7-3-1-5-12(14)9-18(20)22(26)27)11-17-15-8-4-2-6-13(15)10-19(21(17)25)23(28)29;1-6-23(7-2)19-11-9-17(24-5)14-16(19)12-15-8-10-20(22(3)4)18(21)13-15/h1-10,24-25H,11H2,(H,26,27)(H,28,29);8-11,13-14H,6-7,12H2,1-5H3. The number of aromatic hydroxyl groups is 2. The van der Waals surface area contributed by atoms with E-state index < -0.39 is 23.4 Å². The summed E-state index contributed by atoms with van der Waals surface area (Å²) >= 11 is 6.43. The van der Waals surface area contributed by atoms with E-state index in [9.17, 15) is 30.0 Å². The first-order chi connectivity index (χ1) is 25.4. The van der Waals surface area contributed by atoms with Crippen LogP contribution in [0.25, 0.3) is 21.5 Å². The van der Waals surface area contributed by atoms with Gasteiger partial charge in [-0.05, 0) is 95.4 Å². The Morgan fingerprint density at radius 2 is 1.19 bits per heavy atom. The molecule has 0 aromatic heterocycles. The van der Waals surface area contributed by atoms with Gasteiger partial charge in [-0.15, -0.1) is 0 Å². The van der Waals surface area contributed by atoms with E-state index in [2.05, 4.69) is 49.1 Å². The van der Waals surface area contributed by atoms with Crippen LogP contribution in [0.5, 0.6) is 17.2 Å². The van der Waals surface area contributed by atoms with Crippen molar-refractivity contribution in [2.24, 2.45) is 0 Å². The highest BCUT2D eigenvalue weighted by Crippen LogP contribution is 2.39. The summed E-state index contributed by atoms with van der Waals surface area (Å²) in [7, 11) is 5.71. The molecule has 0 saturated carbocycles. The number of rotatable bonds is 11. The Kier molecular flexibility index (Phi) is 12.0. The fourth-order valence-corrected chi connectivity index (χ4v) is 7.00. The van der Waals surface area contributed by atoms with Crippen LogP contribution in [0.1, 0.15) is 56.8 Å². The Hall–Kier alpha value is -5.93. The van der Waals surface area contributed by atoms with Crippen LogP contribution in [0.3, 0.4) is 0 Å². The second-order valence-corrected chi connectivity index (χ2v) is 13.2. The summed E-state index contributed by atoms with van der Waals surface area (Å²) in [5, 5.41) is 43.6. The maximum atomic E-state index is 11.6. The minimum absolute atomic E-state index is 0.0407. The first-order valence-electron chi connectivity index (χ1n) is 17.2. The quantitative estimate of drug-likeness (QED) is 0.103. The van der Waals surface area contributed by atoms with Crippen LogP contribution in [0.2, 0.25) is 5.02 Å². The predicted octanol–water partition coefficient (Wildman–Crippen LogP) is 9.24. The van der Waals surface area contributed by atoms with Crippen molar-refractivity contribution in [2.45, 2.75) is 26.7 Å². The number of halogens is 1. The minimum atomic E-state index is -1.28. The smallest absolute Gasteiger partial charge is 0.339 e. The van der Waals surface area contributed by atoms with E-state index in [1.54, 1.807) is 55.6 Å². The Morgan fingerprint density at radius 1 is 0.679 bits per heavy atom. The van der Waals surface area contributed by atoms with E-state index in [1.165, 1.54) is 28.9 Å². The lowest BCUT2D eigenvalue weighted by atomic mass is 9.90.